The summed E-state index contributed by atoms with van der Waals surface area (Å²) in [6, 6.07) is 5.69. The van der Waals surface area contributed by atoms with Crippen LogP contribution in [-0.4, -0.2) is 28.4 Å². The molecule has 9 heteroatoms. The molecule has 2 aliphatic carbocycles. The highest BCUT2D eigenvalue weighted by molar-refractivity contribution is 7.89. The number of ketones is 1. The van der Waals surface area contributed by atoms with Crippen LogP contribution in [0.15, 0.2) is 29.2 Å². The Hall–Kier alpha value is -1.29. The second-order valence-corrected chi connectivity index (χ2v) is 11.3. The molecule has 0 spiro atoms. The normalized spacial score (nSPS) is 27.8. The quantitative estimate of drug-likeness (QED) is 0.741. The molecule has 1 aromatic carbocycles. The second-order valence-electron chi connectivity index (χ2n) is 7.94. The molecule has 0 unspecified atom stereocenters. The fraction of sp³-hybridized carbons (Fsp3) is 0.588. The lowest BCUT2D eigenvalue weighted by molar-refractivity contribution is -0.128. The van der Waals surface area contributed by atoms with Gasteiger partial charge >= 0.3 is 0 Å². The molecule has 1 aromatic rings. The van der Waals surface area contributed by atoms with E-state index in [1.807, 2.05) is 13.8 Å². The first kappa shape index (κ1) is 19.5. The lowest BCUT2D eigenvalue weighted by atomic mass is 9.70. The largest absolute Gasteiger partial charge is 0.299 e. The zero-order chi connectivity index (χ0) is 19.4. The van der Waals surface area contributed by atoms with E-state index in [1.54, 1.807) is 0 Å². The number of fused-ring (bicyclic) bond motifs is 2. The van der Waals surface area contributed by atoms with Crippen LogP contribution in [0.25, 0.3) is 0 Å². The number of nitrogens with one attached hydrogen (secondary N) is 1. The highest BCUT2D eigenvalue weighted by Gasteiger charge is 2.65. The van der Waals surface area contributed by atoms with Crippen molar-refractivity contribution < 1.29 is 21.6 Å². The topological polar surface area (TPSA) is 123 Å². The van der Waals surface area contributed by atoms with Gasteiger partial charge in [0, 0.05) is 18.4 Å². The maximum atomic E-state index is 12.6. The van der Waals surface area contributed by atoms with E-state index in [-0.39, 0.29) is 34.3 Å². The predicted octanol–water partition coefficient (Wildman–Crippen LogP) is 1.15. The Morgan fingerprint density at radius 1 is 1.15 bits per heavy atom. The van der Waals surface area contributed by atoms with Gasteiger partial charge in [-0.3, -0.25) is 4.79 Å². The third kappa shape index (κ3) is 3.21. The van der Waals surface area contributed by atoms with E-state index < -0.39 is 25.5 Å². The molecule has 144 valence electrons. The Bertz CT molecular complexity index is 936. The number of hydrogen-bond acceptors (Lipinski definition) is 5. The number of carbonyl (C=O) groups is 1. The van der Waals surface area contributed by atoms with Crippen molar-refractivity contribution in [3.05, 3.63) is 29.8 Å². The minimum Gasteiger partial charge on any atom is -0.299 e. The van der Waals surface area contributed by atoms with Crippen molar-refractivity contribution in [2.24, 2.45) is 21.9 Å². The minimum atomic E-state index is -3.78. The van der Waals surface area contributed by atoms with E-state index >= 15 is 0 Å². The van der Waals surface area contributed by atoms with Gasteiger partial charge < -0.3 is 0 Å². The summed E-state index contributed by atoms with van der Waals surface area (Å²) in [7, 11) is -7.44. The molecule has 26 heavy (non-hydrogen) atoms. The van der Waals surface area contributed by atoms with E-state index in [4.69, 9.17) is 5.14 Å². The molecule has 0 amide bonds. The smallest absolute Gasteiger partial charge is 0.238 e. The summed E-state index contributed by atoms with van der Waals surface area (Å²) >= 11 is 0. The van der Waals surface area contributed by atoms with Crippen molar-refractivity contribution in [2.75, 3.05) is 5.75 Å². The molecule has 3 rings (SSSR count). The third-order valence-corrected chi connectivity index (χ3v) is 8.71. The van der Waals surface area contributed by atoms with Gasteiger partial charge in [-0.05, 0) is 41.9 Å². The van der Waals surface area contributed by atoms with Crippen LogP contribution in [0, 0.1) is 16.7 Å². The molecule has 0 heterocycles. The predicted molar refractivity (Wildman–Crippen MR) is 97.0 cm³/mol. The summed E-state index contributed by atoms with van der Waals surface area (Å²) in [5, 5.41) is 5.04. The standard InChI is InChI=1S/C17H24N2O5S2/c1-16(2)13-7-8-17(16,15(20)9-13)11-25(21,22)19-10-12-3-5-14(6-4-12)26(18,23)24/h3-6,13,19H,7-11H2,1-2H3,(H2,18,23,24)/t13-,17-/m0/s1. The summed E-state index contributed by atoms with van der Waals surface area (Å²) in [6.07, 6.45) is 1.98. The van der Waals surface area contributed by atoms with Crippen LogP contribution >= 0.6 is 0 Å². The van der Waals surface area contributed by atoms with Gasteiger partial charge in [0.25, 0.3) is 0 Å². The van der Waals surface area contributed by atoms with E-state index in [9.17, 15) is 21.6 Å². The van der Waals surface area contributed by atoms with Gasteiger partial charge in [-0.2, -0.15) is 0 Å². The molecular weight excluding hydrogens is 376 g/mol. The van der Waals surface area contributed by atoms with E-state index in [0.29, 0.717) is 18.4 Å². The minimum absolute atomic E-state index is 0.0291. The fourth-order valence-corrected chi connectivity index (χ4v) is 6.80. The number of rotatable bonds is 6. The third-order valence-electron chi connectivity index (χ3n) is 6.32. The van der Waals surface area contributed by atoms with E-state index in [0.717, 1.165) is 6.42 Å². The molecule has 2 saturated carbocycles. The zero-order valence-corrected chi connectivity index (χ0v) is 16.5. The first-order chi connectivity index (χ1) is 11.9. The highest BCUT2D eigenvalue weighted by atomic mass is 32.2. The average Bonchev–Trinajstić information content (AvgIpc) is 2.86. The number of hydrogen-bond donors (Lipinski definition) is 2. The van der Waals surface area contributed by atoms with Crippen molar-refractivity contribution in [3.8, 4) is 0 Å². The summed E-state index contributed by atoms with van der Waals surface area (Å²) in [4.78, 5) is 12.5. The number of Topliss-reactive ketones (excluding diaryl/α,β-unsaturated/α-hetero) is 1. The first-order valence-electron chi connectivity index (χ1n) is 8.50. The summed E-state index contributed by atoms with van der Waals surface area (Å²) < 4.78 is 50.3. The second kappa shape index (κ2) is 6.12. The maximum absolute atomic E-state index is 12.6. The summed E-state index contributed by atoms with van der Waals surface area (Å²) in [5.74, 6) is 0.120. The molecule has 2 aliphatic rings. The number of sulfonamides is 2. The SMILES string of the molecule is CC1(C)[C@H]2CC[C@]1(CS(=O)(=O)NCc1ccc(S(N)(=O)=O)cc1)C(=O)C2. The van der Waals surface area contributed by atoms with Gasteiger partial charge in [0.1, 0.15) is 5.78 Å². The molecule has 7 nitrogen and oxygen atoms in total. The number of primary sulfonamides is 1. The highest BCUT2D eigenvalue weighted by Crippen LogP contribution is 2.64. The number of benzene rings is 1. The van der Waals surface area contributed by atoms with Crippen molar-refractivity contribution in [2.45, 2.75) is 44.6 Å². The molecule has 0 aliphatic heterocycles. The average molecular weight is 401 g/mol. The molecule has 0 radical (unpaired) electrons. The van der Waals surface area contributed by atoms with Crippen LogP contribution in [0.4, 0.5) is 0 Å². The Morgan fingerprint density at radius 3 is 2.23 bits per heavy atom. The summed E-state index contributed by atoms with van der Waals surface area (Å²) in [6.45, 7) is 4.02. The molecular formula is C17H24N2O5S2. The Balaban J connectivity index is 1.71. The number of carbonyl (C=O) groups excluding carboxylic acids is 1. The van der Waals surface area contributed by atoms with Crippen LogP contribution in [0.1, 0.15) is 38.7 Å². The van der Waals surface area contributed by atoms with Gasteiger partial charge in [-0.15, -0.1) is 0 Å². The van der Waals surface area contributed by atoms with Gasteiger partial charge in [-0.1, -0.05) is 26.0 Å². The van der Waals surface area contributed by atoms with Crippen molar-refractivity contribution >= 4 is 25.8 Å². The summed E-state index contributed by atoms with van der Waals surface area (Å²) in [5.41, 5.74) is -0.503. The van der Waals surface area contributed by atoms with Crippen LogP contribution in [0.2, 0.25) is 0 Å². The van der Waals surface area contributed by atoms with Crippen LogP contribution in [0.5, 0.6) is 0 Å². The van der Waals surface area contributed by atoms with Crippen LogP contribution < -0.4 is 9.86 Å². The Labute approximate surface area is 154 Å². The van der Waals surface area contributed by atoms with Gasteiger partial charge in [-0.25, -0.2) is 26.7 Å². The van der Waals surface area contributed by atoms with Crippen LogP contribution in [0.3, 0.4) is 0 Å². The lowest BCUT2D eigenvalue weighted by Crippen LogP contribution is -2.45. The Kier molecular flexibility index (Phi) is 4.58. The zero-order valence-electron chi connectivity index (χ0n) is 14.9. The van der Waals surface area contributed by atoms with E-state index in [2.05, 4.69) is 4.72 Å². The van der Waals surface area contributed by atoms with Gasteiger partial charge in [0.2, 0.25) is 20.0 Å². The first-order valence-corrected chi connectivity index (χ1v) is 11.7. The number of nitrogens with two attached hydrogens (primary N) is 1. The van der Waals surface area contributed by atoms with Gasteiger partial charge in [0.15, 0.2) is 0 Å². The van der Waals surface area contributed by atoms with Crippen molar-refractivity contribution in [3.63, 3.8) is 0 Å². The Morgan fingerprint density at radius 2 is 1.77 bits per heavy atom. The lowest BCUT2D eigenvalue weighted by Gasteiger charge is -2.36. The molecule has 2 fully saturated rings. The molecule has 2 atom stereocenters. The van der Waals surface area contributed by atoms with E-state index in [1.165, 1.54) is 24.3 Å². The van der Waals surface area contributed by atoms with Crippen molar-refractivity contribution in [1.82, 2.24) is 4.72 Å². The van der Waals surface area contributed by atoms with Crippen LogP contribution in [-0.2, 0) is 31.4 Å². The van der Waals surface area contributed by atoms with Crippen molar-refractivity contribution in [1.29, 1.82) is 0 Å². The molecule has 2 bridgehead atoms. The fourth-order valence-electron chi connectivity index (χ4n) is 4.47. The molecule has 3 N–H and O–H groups in total. The molecule has 0 aromatic heterocycles. The molecule has 0 saturated heterocycles. The van der Waals surface area contributed by atoms with Gasteiger partial charge in [0.05, 0.1) is 10.6 Å². The maximum Gasteiger partial charge on any atom is 0.238 e. The monoisotopic (exact) mass is 400 g/mol.